The third-order valence-electron chi connectivity index (χ3n) is 4.29. The molecule has 1 aliphatic heterocycles. The monoisotopic (exact) mass is 341 g/mol. The molecule has 0 saturated heterocycles. The van der Waals surface area contributed by atoms with E-state index in [-0.39, 0.29) is 6.04 Å². The molecule has 0 radical (unpaired) electrons. The number of hydrogen-bond donors (Lipinski definition) is 2. The van der Waals surface area contributed by atoms with E-state index in [2.05, 4.69) is 25.2 Å². The van der Waals surface area contributed by atoms with Crippen LogP contribution in [0.2, 0.25) is 0 Å². The van der Waals surface area contributed by atoms with E-state index >= 15 is 0 Å². The number of benzene rings is 2. The third kappa shape index (κ3) is 4.12. The Balaban J connectivity index is 1.76. The molecule has 132 valence electrons. The molecule has 1 unspecified atom stereocenters. The molecule has 25 heavy (non-hydrogen) atoms. The van der Waals surface area contributed by atoms with Gasteiger partial charge in [-0.3, -0.25) is 0 Å². The quantitative estimate of drug-likeness (QED) is 0.839. The van der Waals surface area contributed by atoms with Gasteiger partial charge in [-0.25, -0.2) is 4.79 Å². The van der Waals surface area contributed by atoms with Crippen molar-refractivity contribution in [2.24, 2.45) is 5.92 Å². The van der Waals surface area contributed by atoms with Crippen molar-refractivity contribution in [3.63, 3.8) is 0 Å². The van der Waals surface area contributed by atoms with Crippen LogP contribution in [0.1, 0.15) is 41.4 Å². The van der Waals surface area contributed by atoms with Gasteiger partial charge in [-0.15, -0.1) is 0 Å². The molecule has 0 amide bonds. The van der Waals surface area contributed by atoms with Crippen LogP contribution in [0, 0.1) is 5.92 Å². The van der Waals surface area contributed by atoms with Crippen LogP contribution in [0.15, 0.2) is 42.5 Å². The number of rotatable bonds is 6. The van der Waals surface area contributed by atoms with Crippen molar-refractivity contribution in [1.29, 1.82) is 0 Å². The lowest BCUT2D eigenvalue weighted by Gasteiger charge is -2.25. The summed E-state index contributed by atoms with van der Waals surface area (Å²) in [5.74, 6) is 1.02. The molecule has 0 saturated carbocycles. The summed E-state index contributed by atoms with van der Waals surface area (Å²) in [6.45, 7) is 6.05. The number of ether oxygens (including phenoxy) is 2. The van der Waals surface area contributed by atoms with E-state index in [1.807, 2.05) is 18.2 Å². The maximum absolute atomic E-state index is 11.1. The largest absolute Gasteiger partial charge is 0.486 e. The Labute approximate surface area is 147 Å². The van der Waals surface area contributed by atoms with Crippen molar-refractivity contribution in [2.45, 2.75) is 26.4 Å². The zero-order valence-corrected chi connectivity index (χ0v) is 14.5. The molecule has 0 spiro atoms. The molecular formula is C20H23NO4. The van der Waals surface area contributed by atoms with Gasteiger partial charge >= 0.3 is 5.97 Å². The third-order valence-corrected chi connectivity index (χ3v) is 4.29. The van der Waals surface area contributed by atoms with Gasteiger partial charge in [0.25, 0.3) is 0 Å². The molecule has 5 nitrogen and oxygen atoms in total. The van der Waals surface area contributed by atoms with Crippen LogP contribution >= 0.6 is 0 Å². The summed E-state index contributed by atoms with van der Waals surface area (Å²) in [7, 11) is 0. The van der Waals surface area contributed by atoms with Crippen molar-refractivity contribution >= 4 is 5.97 Å². The number of aromatic carboxylic acids is 1. The van der Waals surface area contributed by atoms with Crippen LogP contribution in [-0.2, 0) is 6.54 Å². The number of carboxylic acid groups (broad SMARTS) is 1. The molecule has 5 heteroatoms. The summed E-state index contributed by atoms with van der Waals surface area (Å²) in [5, 5.41) is 12.7. The fourth-order valence-electron chi connectivity index (χ4n) is 3.03. The second kappa shape index (κ2) is 7.57. The minimum absolute atomic E-state index is 0.129. The highest BCUT2D eigenvalue weighted by atomic mass is 16.6. The highest BCUT2D eigenvalue weighted by Gasteiger charge is 2.19. The van der Waals surface area contributed by atoms with E-state index in [1.165, 1.54) is 0 Å². The Morgan fingerprint density at radius 1 is 1.12 bits per heavy atom. The Bertz CT molecular complexity index is 757. The standard InChI is InChI=1S/C20H23NO4/c1-13(2)19(15-6-7-17-18(11-15)25-9-8-24-17)21-12-14-4-3-5-16(10-14)20(22)23/h3-7,10-11,13,19,21H,8-9,12H2,1-2H3,(H,22,23). The number of carboxylic acids is 1. The molecule has 0 aromatic heterocycles. The second-order valence-electron chi connectivity index (χ2n) is 6.51. The Hall–Kier alpha value is -2.53. The van der Waals surface area contributed by atoms with Crippen LogP contribution in [0.4, 0.5) is 0 Å². The average molecular weight is 341 g/mol. The molecular weight excluding hydrogens is 318 g/mol. The van der Waals surface area contributed by atoms with Crippen molar-refractivity contribution in [1.82, 2.24) is 5.32 Å². The Morgan fingerprint density at radius 2 is 1.88 bits per heavy atom. The molecule has 2 aromatic carbocycles. The molecule has 2 aromatic rings. The lowest BCUT2D eigenvalue weighted by Crippen LogP contribution is -2.26. The van der Waals surface area contributed by atoms with Crippen molar-refractivity contribution in [2.75, 3.05) is 13.2 Å². The van der Waals surface area contributed by atoms with Crippen LogP contribution in [0.25, 0.3) is 0 Å². The summed E-state index contributed by atoms with van der Waals surface area (Å²) in [5.41, 5.74) is 2.39. The topological polar surface area (TPSA) is 67.8 Å². The minimum atomic E-state index is -0.908. The minimum Gasteiger partial charge on any atom is -0.486 e. The maximum Gasteiger partial charge on any atom is 0.335 e. The van der Waals surface area contributed by atoms with Gasteiger partial charge in [-0.2, -0.15) is 0 Å². The van der Waals surface area contributed by atoms with E-state index in [0.29, 0.717) is 31.2 Å². The van der Waals surface area contributed by atoms with Gasteiger partial charge in [-0.05, 0) is 41.3 Å². The zero-order chi connectivity index (χ0) is 17.8. The van der Waals surface area contributed by atoms with Crippen LogP contribution in [-0.4, -0.2) is 24.3 Å². The molecule has 0 aliphatic carbocycles. The summed E-state index contributed by atoms with van der Waals surface area (Å²) in [6.07, 6.45) is 0. The smallest absolute Gasteiger partial charge is 0.335 e. The molecule has 3 rings (SSSR count). The predicted molar refractivity (Wildman–Crippen MR) is 95.3 cm³/mol. The number of fused-ring (bicyclic) bond motifs is 1. The van der Waals surface area contributed by atoms with E-state index in [4.69, 9.17) is 14.6 Å². The summed E-state index contributed by atoms with van der Waals surface area (Å²) in [4.78, 5) is 11.1. The summed E-state index contributed by atoms with van der Waals surface area (Å²) >= 11 is 0. The van der Waals surface area contributed by atoms with Gasteiger partial charge in [0, 0.05) is 12.6 Å². The molecule has 1 aliphatic rings. The Kier molecular flexibility index (Phi) is 5.24. The molecule has 0 bridgehead atoms. The van der Waals surface area contributed by atoms with E-state index in [9.17, 15) is 4.79 Å². The van der Waals surface area contributed by atoms with Crippen LogP contribution in [0.3, 0.4) is 0 Å². The average Bonchev–Trinajstić information content (AvgIpc) is 2.61. The lowest BCUT2D eigenvalue weighted by molar-refractivity contribution is 0.0696. The lowest BCUT2D eigenvalue weighted by atomic mass is 9.95. The first kappa shape index (κ1) is 17.3. The van der Waals surface area contributed by atoms with E-state index in [1.54, 1.807) is 18.2 Å². The van der Waals surface area contributed by atoms with Gasteiger partial charge in [0.05, 0.1) is 5.56 Å². The summed E-state index contributed by atoms with van der Waals surface area (Å²) < 4.78 is 11.3. The SMILES string of the molecule is CC(C)C(NCc1cccc(C(=O)O)c1)c1ccc2c(c1)OCCO2. The van der Waals surface area contributed by atoms with E-state index < -0.39 is 5.97 Å². The van der Waals surface area contributed by atoms with Gasteiger partial charge in [-0.1, -0.05) is 32.0 Å². The van der Waals surface area contributed by atoms with Crippen molar-refractivity contribution < 1.29 is 19.4 Å². The molecule has 1 heterocycles. The van der Waals surface area contributed by atoms with Gasteiger partial charge < -0.3 is 19.9 Å². The van der Waals surface area contributed by atoms with Crippen molar-refractivity contribution in [3.05, 3.63) is 59.2 Å². The highest BCUT2D eigenvalue weighted by molar-refractivity contribution is 5.87. The predicted octanol–water partition coefficient (Wildman–Crippen LogP) is 3.64. The molecule has 1 atom stereocenters. The number of nitrogens with one attached hydrogen (secondary N) is 1. The van der Waals surface area contributed by atoms with Gasteiger partial charge in [0.1, 0.15) is 13.2 Å². The Morgan fingerprint density at radius 3 is 2.60 bits per heavy atom. The highest BCUT2D eigenvalue weighted by Crippen LogP contribution is 2.34. The fraction of sp³-hybridized carbons (Fsp3) is 0.350. The van der Waals surface area contributed by atoms with Gasteiger partial charge in [0.2, 0.25) is 0 Å². The normalized spacial score (nSPS) is 14.4. The molecule has 2 N–H and O–H groups in total. The van der Waals surface area contributed by atoms with Crippen molar-refractivity contribution in [3.8, 4) is 11.5 Å². The van der Waals surface area contributed by atoms with Crippen LogP contribution in [0.5, 0.6) is 11.5 Å². The first-order valence-corrected chi connectivity index (χ1v) is 8.50. The van der Waals surface area contributed by atoms with Crippen LogP contribution < -0.4 is 14.8 Å². The zero-order valence-electron chi connectivity index (χ0n) is 14.5. The first-order chi connectivity index (χ1) is 12.0. The summed E-state index contributed by atoms with van der Waals surface area (Å²) in [6, 6.07) is 13.2. The van der Waals surface area contributed by atoms with E-state index in [0.717, 1.165) is 22.6 Å². The van der Waals surface area contributed by atoms with Gasteiger partial charge in [0.15, 0.2) is 11.5 Å². The molecule has 0 fully saturated rings. The second-order valence-corrected chi connectivity index (χ2v) is 6.51. The number of hydrogen-bond acceptors (Lipinski definition) is 4. The fourth-order valence-corrected chi connectivity index (χ4v) is 3.03. The maximum atomic E-state index is 11.1. The number of carbonyl (C=O) groups is 1. The first-order valence-electron chi connectivity index (χ1n) is 8.50.